The topological polar surface area (TPSA) is 125 Å². The first-order valence-electron chi connectivity index (χ1n) is 10.9. The average Bonchev–Trinajstić information content (AvgIpc) is 2.81. The minimum absolute atomic E-state index is 0.00370. The lowest BCUT2D eigenvalue weighted by Crippen LogP contribution is -2.42. The fourth-order valence-corrected chi connectivity index (χ4v) is 6.11. The summed E-state index contributed by atoms with van der Waals surface area (Å²) >= 11 is 0. The molecule has 0 aliphatic carbocycles. The van der Waals surface area contributed by atoms with Crippen molar-refractivity contribution in [2.45, 2.75) is 38.4 Å². The van der Waals surface area contributed by atoms with E-state index in [-0.39, 0.29) is 48.0 Å². The van der Waals surface area contributed by atoms with E-state index in [2.05, 4.69) is 0 Å². The molecule has 182 valence electrons. The summed E-state index contributed by atoms with van der Waals surface area (Å²) in [4.78, 5) is 23.4. The number of nitro groups is 1. The van der Waals surface area contributed by atoms with Gasteiger partial charge in [-0.3, -0.25) is 10.1 Å². The number of hydrogen-bond donors (Lipinski definition) is 0. The summed E-state index contributed by atoms with van der Waals surface area (Å²) in [5.41, 5.74) is 0.869. The Balaban J connectivity index is 1.47. The highest BCUT2D eigenvalue weighted by molar-refractivity contribution is 7.89. The van der Waals surface area contributed by atoms with Crippen LogP contribution in [0.25, 0.3) is 0 Å². The van der Waals surface area contributed by atoms with Crippen LogP contribution in [0.4, 0.5) is 5.69 Å². The SMILES string of the molecule is C[C@@H]1C[C@@H](C)CN(S(=O)(=O)c2ccc(C(=O)OCc3cc([N+](=O)[O-])cc4c3OCOC4)cc2)C1. The first-order valence-corrected chi connectivity index (χ1v) is 12.4. The molecule has 2 aromatic carbocycles. The molecule has 0 aromatic heterocycles. The van der Waals surface area contributed by atoms with Crippen LogP contribution in [-0.2, 0) is 32.7 Å². The molecule has 0 spiro atoms. The molecule has 0 saturated carbocycles. The van der Waals surface area contributed by atoms with Crippen LogP contribution in [0.5, 0.6) is 5.75 Å². The maximum absolute atomic E-state index is 13.0. The fraction of sp³-hybridized carbons (Fsp3) is 0.435. The Morgan fingerprint density at radius 1 is 1.18 bits per heavy atom. The van der Waals surface area contributed by atoms with Crippen molar-refractivity contribution in [2.24, 2.45) is 11.8 Å². The van der Waals surface area contributed by atoms with E-state index in [9.17, 15) is 23.3 Å². The molecule has 2 heterocycles. The molecule has 34 heavy (non-hydrogen) atoms. The van der Waals surface area contributed by atoms with Gasteiger partial charge in [0.05, 0.1) is 22.0 Å². The Bertz CT molecular complexity index is 1190. The average molecular weight is 491 g/mol. The number of non-ortho nitro benzene ring substituents is 1. The molecule has 10 nitrogen and oxygen atoms in total. The van der Waals surface area contributed by atoms with Gasteiger partial charge in [0.25, 0.3) is 5.69 Å². The van der Waals surface area contributed by atoms with Gasteiger partial charge in [-0.15, -0.1) is 0 Å². The number of carbonyl (C=O) groups excluding carboxylic acids is 1. The van der Waals surface area contributed by atoms with E-state index in [4.69, 9.17) is 14.2 Å². The van der Waals surface area contributed by atoms with Gasteiger partial charge in [-0.05, 0) is 42.5 Å². The van der Waals surface area contributed by atoms with Crippen molar-refractivity contribution in [3.8, 4) is 5.75 Å². The fourth-order valence-electron chi connectivity index (χ4n) is 4.43. The smallest absolute Gasteiger partial charge is 0.338 e. The molecule has 0 N–H and O–H groups in total. The molecule has 2 aromatic rings. The largest absolute Gasteiger partial charge is 0.467 e. The van der Waals surface area contributed by atoms with Crippen LogP contribution in [0, 0.1) is 22.0 Å². The Kier molecular flexibility index (Phi) is 6.87. The highest BCUT2D eigenvalue weighted by atomic mass is 32.2. The maximum atomic E-state index is 13.0. The Labute approximate surface area is 197 Å². The summed E-state index contributed by atoms with van der Waals surface area (Å²) in [5, 5.41) is 11.2. The Morgan fingerprint density at radius 2 is 1.85 bits per heavy atom. The van der Waals surface area contributed by atoms with Gasteiger partial charge in [0.1, 0.15) is 12.4 Å². The van der Waals surface area contributed by atoms with Gasteiger partial charge in [-0.2, -0.15) is 4.31 Å². The van der Waals surface area contributed by atoms with Crippen LogP contribution in [0.1, 0.15) is 41.8 Å². The molecule has 11 heteroatoms. The number of rotatable bonds is 6. The second-order valence-corrected chi connectivity index (χ2v) is 10.8. The predicted octanol–water partition coefficient (Wildman–Crippen LogP) is 3.48. The van der Waals surface area contributed by atoms with Crippen molar-refractivity contribution in [1.82, 2.24) is 4.31 Å². The van der Waals surface area contributed by atoms with Gasteiger partial charge in [0.15, 0.2) is 6.79 Å². The number of carbonyl (C=O) groups is 1. The molecular formula is C23H26N2O8S. The van der Waals surface area contributed by atoms with Crippen LogP contribution < -0.4 is 4.74 Å². The van der Waals surface area contributed by atoms with Gasteiger partial charge in [-0.1, -0.05) is 13.8 Å². The molecule has 2 atom stereocenters. The van der Waals surface area contributed by atoms with Crippen LogP contribution in [0.3, 0.4) is 0 Å². The zero-order valence-electron chi connectivity index (χ0n) is 18.9. The third-order valence-corrected chi connectivity index (χ3v) is 7.75. The lowest BCUT2D eigenvalue weighted by Gasteiger charge is -2.34. The van der Waals surface area contributed by atoms with Crippen molar-refractivity contribution in [2.75, 3.05) is 19.9 Å². The number of ether oxygens (including phenoxy) is 3. The summed E-state index contributed by atoms with van der Waals surface area (Å²) in [5.74, 6) is 0.276. The normalized spacial score (nSPS) is 20.8. The van der Waals surface area contributed by atoms with Gasteiger partial charge < -0.3 is 14.2 Å². The molecule has 0 amide bonds. The Hall–Kier alpha value is -3.02. The van der Waals surface area contributed by atoms with E-state index in [1.165, 1.54) is 40.7 Å². The lowest BCUT2D eigenvalue weighted by molar-refractivity contribution is -0.385. The number of piperidine rings is 1. The highest BCUT2D eigenvalue weighted by Crippen LogP contribution is 2.33. The third kappa shape index (κ3) is 5.06. The molecule has 2 aliphatic heterocycles. The van der Waals surface area contributed by atoms with E-state index in [1.807, 2.05) is 13.8 Å². The minimum Gasteiger partial charge on any atom is -0.467 e. The third-order valence-electron chi connectivity index (χ3n) is 5.90. The van der Waals surface area contributed by atoms with Gasteiger partial charge >= 0.3 is 5.97 Å². The predicted molar refractivity (Wildman–Crippen MR) is 121 cm³/mol. The van der Waals surface area contributed by atoms with Crippen molar-refractivity contribution >= 4 is 21.7 Å². The number of esters is 1. The second-order valence-electron chi connectivity index (χ2n) is 8.83. The molecule has 1 fully saturated rings. The summed E-state index contributed by atoms with van der Waals surface area (Å²) in [6, 6.07) is 8.26. The molecule has 0 radical (unpaired) electrons. The number of sulfonamides is 1. The summed E-state index contributed by atoms with van der Waals surface area (Å²) < 4.78 is 43.5. The van der Waals surface area contributed by atoms with Crippen LogP contribution in [-0.4, -0.2) is 43.5 Å². The van der Waals surface area contributed by atoms with E-state index >= 15 is 0 Å². The van der Waals surface area contributed by atoms with E-state index in [0.29, 0.717) is 30.0 Å². The number of nitro benzene ring substituents is 1. The van der Waals surface area contributed by atoms with Gasteiger partial charge in [0.2, 0.25) is 10.0 Å². The van der Waals surface area contributed by atoms with Gasteiger partial charge in [0, 0.05) is 36.3 Å². The van der Waals surface area contributed by atoms with Crippen LogP contribution >= 0.6 is 0 Å². The number of hydrogen-bond acceptors (Lipinski definition) is 8. The second kappa shape index (κ2) is 9.69. The number of benzene rings is 2. The maximum Gasteiger partial charge on any atom is 0.338 e. The molecule has 4 rings (SSSR count). The van der Waals surface area contributed by atoms with E-state index < -0.39 is 20.9 Å². The highest BCUT2D eigenvalue weighted by Gasteiger charge is 2.31. The minimum atomic E-state index is -3.66. The monoisotopic (exact) mass is 490 g/mol. The van der Waals surface area contributed by atoms with Crippen molar-refractivity contribution < 1.29 is 32.3 Å². The molecule has 2 aliphatic rings. The number of nitrogens with zero attached hydrogens (tertiary/aromatic N) is 2. The first kappa shape index (κ1) is 24.1. The van der Waals surface area contributed by atoms with Crippen LogP contribution in [0.2, 0.25) is 0 Å². The standard InChI is InChI=1S/C23H26N2O8S/c1-15-7-16(2)11-24(10-15)34(29,30)21-5-3-17(4-6-21)23(26)32-13-19-9-20(25(27)28)8-18-12-31-14-33-22(18)19/h3-6,8-9,15-16H,7,10-14H2,1-2H3/t15-,16-/m1/s1. The van der Waals surface area contributed by atoms with E-state index in [1.54, 1.807) is 0 Å². The molecule has 1 saturated heterocycles. The summed E-state index contributed by atoms with van der Waals surface area (Å²) in [7, 11) is -3.66. The zero-order chi connectivity index (χ0) is 24.5. The van der Waals surface area contributed by atoms with Gasteiger partial charge in [-0.25, -0.2) is 13.2 Å². The molecule has 0 bridgehead atoms. The molecular weight excluding hydrogens is 464 g/mol. The van der Waals surface area contributed by atoms with Crippen LogP contribution in [0.15, 0.2) is 41.3 Å². The van der Waals surface area contributed by atoms with Crippen molar-refractivity contribution in [3.05, 3.63) is 63.2 Å². The summed E-state index contributed by atoms with van der Waals surface area (Å²) in [6.07, 6.45) is 0.989. The van der Waals surface area contributed by atoms with Crippen molar-refractivity contribution in [3.63, 3.8) is 0 Å². The lowest BCUT2D eigenvalue weighted by atomic mass is 9.94. The molecule has 0 unspecified atom stereocenters. The zero-order valence-corrected chi connectivity index (χ0v) is 19.7. The quantitative estimate of drug-likeness (QED) is 0.342. The first-order chi connectivity index (χ1) is 16.1. The summed E-state index contributed by atoms with van der Waals surface area (Å²) in [6.45, 7) is 4.92. The van der Waals surface area contributed by atoms with E-state index in [0.717, 1.165) is 6.42 Å². The number of fused-ring (bicyclic) bond motifs is 1. The Morgan fingerprint density at radius 3 is 2.50 bits per heavy atom. The van der Waals surface area contributed by atoms with Crippen molar-refractivity contribution in [1.29, 1.82) is 0 Å².